The van der Waals surface area contributed by atoms with Crippen LogP contribution in [0, 0.1) is 11.3 Å². The standard InChI is InChI=1S/C11H22N4/c1-11(8-12,13-2)9-15-6-5-10(7-15)14(3)4/h10,13H,5-7,9H2,1-4H3. The highest BCUT2D eigenvalue weighted by Gasteiger charge is 2.30. The van der Waals surface area contributed by atoms with E-state index in [2.05, 4.69) is 35.3 Å². The molecule has 15 heavy (non-hydrogen) atoms. The first kappa shape index (κ1) is 12.4. The molecule has 4 nitrogen and oxygen atoms in total. The predicted octanol–water partition coefficient (Wildman–Crippen LogP) is 0.124. The van der Waals surface area contributed by atoms with Crippen molar-refractivity contribution in [2.24, 2.45) is 0 Å². The maximum atomic E-state index is 9.07. The molecule has 0 aromatic carbocycles. The van der Waals surface area contributed by atoms with E-state index in [9.17, 15) is 0 Å². The van der Waals surface area contributed by atoms with E-state index in [-0.39, 0.29) is 0 Å². The van der Waals surface area contributed by atoms with Crippen LogP contribution in [0.4, 0.5) is 0 Å². The molecule has 1 heterocycles. The van der Waals surface area contributed by atoms with Crippen molar-refractivity contribution in [3.8, 4) is 6.07 Å². The van der Waals surface area contributed by atoms with Crippen LogP contribution in [-0.4, -0.2) is 62.2 Å². The topological polar surface area (TPSA) is 42.3 Å². The maximum absolute atomic E-state index is 9.07. The highest BCUT2D eigenvalue weighted by molar-refractivity contribution is 5.05. The largest absolute Gasteiger partial charge is 0.305 e. The van der Waals surface area contributed by atoms with Gasteiger partial charge in [0.2, 0.25) is 0 Å². The average Bonchev–Trinajstić information content (AvgIpc) is 2.66. The Balaban J connectivity index is 2.46. The zero-order chi connectivity index (χ0) is 11.5. The van der Waals surface area contributed by atoms with Crippen molar-refractivity contribution < 1.29 is 0 Å². The second kappa shape index (κ2) is 4.93. The molecule has 4 heteroatoms. The molecule has 1 N–H and O–H groups in total. The second-order valence-electron chi connectivity index (χ2n) is 4.84. The van der Waals surface area contributed by atoms with Crippen LogP contribution < -0.4 is 5.32 Å². The fourth-order valence-corrected chi connectivity index (χ4v) is 1.99. The first-order valence-corrected chi connectivity index (χ1v) is 5.49. The molecule has 2 unspecified atom stereocenters. The van der Waals surface area contributed by atoms with E-state index >= 15 is 0 Å². The lowest BCUT2D eigenvalue weighted by molar-refractivity contribution is 0.237. The van der Waals surface area contributed by atoms with E-state index < -0.39 is 5.54 Å². The van der Waals surface area contributed by atoms with Crippen molar-refractivity contribution in [2.45, 2.75) is 24.9 Å². The van der Waals surface area contributed by atoms with Gasteiger partial charge in [-0.25, -0.2) is 0 Å². The summed E-state index contributed by atoms with van der Waals surface area (Å²) in [4.78, 5) is 4.63. The molecule has 0 spiro atoms. The minimum Gasteiger partial charge on any atom is -0.305 e. The average molecular weight is 210 g/mol. The van der Waals surface area contributed by atoms with Crippen LogP contribution in [0.25, 0.3) is 0 Å². The molecule has 0 aliphatic carbocycles. The summed E-state index contributed by atoms with van der Waals surface area (Å²) < 4.78 is 0. The first-order valence-electron chi connectivity index (χ1n) is 5.49. The van der Waals surface area contributed by atoms with Gasteiger partial charge < -0.3 is 10.2 Å². The van der Waals surface area contributed by atoms with Gasteiger partial charge in [0.1, 0.15) is 5.54 Å². The number of rotatable bonds is 4. The molecule has 0 bridgehead atoms. The number of nitrogens with one attached hydrogen (secondary N) is 1. The van der Waals surface area contributed by atoms with Gasteiger partial charge in [-0.2, -0.15) is 5.26 Å². The minimum atomic E-state index is -0.415. The SMILES string of the molecule is CNC(C)(C#N)CN1CCC(N(C)C)C1. The van der Waals surface area contributed by atoms with Gasteiger partial charge in [-0.3, -0.25) is 4.90 Å². The third-order valence-electron chi connectivity index (χ3n) is 3.32. The third-order valence-corrected chi connectivity index (χ3v) is 3.32. The van der Waals surface area contributed by atoms with Gasteiger partial charge in [0, 0.05) is 19.1 Å². The van der Waals surface area contributed by atoms with Gasteiger partial charge >= 0.3 is 0 Å². The molecule has 1 aliphatic heterocycles. The van der Waals surface area contributed by atoms with Gasteiger partial charge in [-0.05, 0) is 41.0 Å². The van der Waals surface area contributed by atoms with E-state index in [1.807, 2.05) is 14.0 Å². The fourth-order valence-electron chi connectivity index (χ4n) is 1.99. The van der Waals surface area contributed by atoms with Gasteiger partial charge in [0.25, 0.3) is 0 Å². The van der Waals surface area contributed by atoms with E-state index in [0.717, 1.165) is 19.6 Å². The molecule has 0 aromatic rings. The van der Waals surface area contributed by atoms with Gasteiger partial charge in [-0.1, -0.05) is 0 Å². The number of likely N-dealkylation sites (N-methyl/N-ethyl adjacent to an activating group) is 2. The van der Waals surface area contributed by atoms with Gasteiger partial charge in [0.05, 0.1) is 6.07 Å². The summed E-state index contributed by atoms with van der Waals surface area (Å²) in [5, 5.41) is 12.2. The summed E-state index contributed by atoms with van der Waals surface area (Å²) in [6.07, 6.45) is 1.21. The first-order chi connectivity index (χ1) is 7.00. The van der Waals surface area contributed by atoms with E-state index in [1.165, 1.54) is 6.42 Å². The van der Waals surface area contributed by atoms with Crippen molar-refractivity contribution in [3.63, 3.8) is 0 Å². The zero-order valence-electron chi connectivity index (χ0n) is 10.2. The number of nitriles is 1. The van der Waals surface area contributed by atoms with Crippen molar-refractivity contribution >= 4 is 0 Å². The second-order valence-corrected chi connectivity index (χ2v) is 4.84. The monoisotopic (exact) mass is 210 g/mol. The summed E-state index contributed by atoms with van der Waals surface area (Å²) in [5.41, 5.74) is -0.415. The Morgan fingerprint density at radius 3 is 2.67 bits per heavy atom. The Morgan fingerprint density at radius 2 is 2.27 bits per heavy atom. The van der Waals surface area contributed by atoms with Crippen molar-refractivity contribution in [1.29, 1.82) is 5.26 Å². The lowest BCUT2D eigenvalue weighted by atomic mass is 10.1. The molecule has 1 aliphatic rings. The predicted molar refractivity (Wildman–Crippen MR) is 61.6 cm³/mol. The van der Waals surface area contributed by atoms with Crippen LogP contribution in [0.15, 0.2) is 0 Å². The molecule has 0 amide bonds. The number of likely N-dealkylation sites (tertiary alicyclic amines) is 1. The van der Waals surface area contributed by atoms with Crippen molar-refractivity contribution in [2.75, 3.05) is 40.8 Å². The van der Waals surface area contributed by atoms with E-state index in [4.69, 9.17) is 5.26 Å². The molecule has 1 rings (SSSR count). The smallest absolute Gasteiger partial charge is 0.116 e. The zero-order valence-corrected chi connectivity index (χ0v) is 10.2. The fraction of sp³-hybridized carbons (Fsp3) is 0.909. The van der Waals surface area contributed by atoms with E-state index in [0.29, 0.717) is 6.04 Å². The summed E-state index contributed by atoms with van der Waals surface area (Å²) in [6.45, 7) is 4.94. The van der Waals surface area contributed by atoms with Gasteiger partial charge in [0.15, 0.2) is 0 Å². The maximum Gasteiger partial charge on any atom is 0.116 e. The quantitative estimate of drug-likeness (QED) is 0.716. The van der Waals surface area contributed by atoms with Crippen molar-refractivity contribution in [1.82, 2.24) is 15.1 Å². The Hall–Kier alpha value is -0.630. The molecular formula is C11H22N4. The third kappa shape index (κ3) is 3.16. The molecule has 1 saturated heterocycles. The molecule has 2 atom stereocenters. The van der Waals surface area contributed by atoms with Crippen LogP contribution in [0.1, 0.15) is 13.3 Å². The minimum absolute atomic E-state index is 0.415. The Morgan fingerprint density at radius 1 is 1.60 bits per heavy atom. The Kier molecular flexibility index (Phi) is 4.09. The van der Waals surface area contributed by atoms with Crippen LogP contribution >= 0.6 is 0 Å². The summed E-state index contributed by atoms with van der Waals surface area (Å²) in [5.74, 6) is 0. The normalized spacial score (nSPS) is 26.5. The molecular weight excluding hydrogens is 188 g/mol. The lowest BCUT2D eigenvalue weighted by Crippen LogP contribution is -2.48. The van der Waals surface area contributed by atoms with Crippen molar-refractivity contribution in [3.05, 3.63) is 0 Å². The number of hydrogen-bond acceptors (Lipinski definition) is 4. The highest BCUT2D eigenvalue weighted by atomic mass is 15.2. The molecule has 0 aromatic heterocycles. The van der Waals surface area contributed by atoms with Crippen LogP contribution in [-0.2, 0) is 0 Å². The highest BCUT2D eigenvalue weighted by Crippen LogP contribution is 2.15. The molecule has 1 fully saturated rings. The van der Waals surface area contributed by atoms with Crippen LogP contribution in [0.3, 0.4) is 0 Å². The molecule has 0 radical (unpaired) electrons. The number of hydrogen-bond donors (Lipinski definition) is 1. The van der Waals surface area contributed by atoms with Crippen LogP contribution in [0.5, 0.6) is 0 Å². The molecule has 86 valence electrons. The Labute approximate surface area is 92.8 Å². The van der Waals surface area contributed by atoms with E-state index in [1.54, 1.807) is 0 Å². The summed E-state index contributed by atoms with van der Waals surface area (Å²) in [6, 6.07) is 2.98. The lowest BCUT2D eigenvalue weighted by Gasteiger charge is -2.27. The summed E-state index contributed by atoms with van der Waals surface area (Å²) in [7, 11) is 6.09. The van der Waals surface area contributed by atoms with Gasteiger partial charge in [-0.15, -0.1) is 0 Å². The Bertz CT molecular complexity index is 245. The summed E-state index contributed by atoms with van der Waals surface area (Å²) >= 11 is 0. The van der Waals surface area contributed by atoms with Crippen LogP contribution in [0.2, 0.25) is 0 Å². The number of nitrogens with zero attached hydrogens (tertiary/aromatic N) is 3. The molecule has 0 saturated carbocycles.